The minimum atomic E-state index is -1.24. The Labute approximate surface area is 267 Å². The molecule has 6 atom stereocenters. The van der Waals surface area contributed by atoms with Gasteiger partial charge >= 0.3 is 17.9 Å². The zero-order valence-corrected chi connectivity index (χ0v) is 27.7. The second-order valence-corrected chi connectivity index (χ2v) is 11.1. The predicted octanol–water partition coefficient (Wildman–Crippen LogP) is 3.02. The van der Waals surface area contributed by atoms with Gasteiger partial charge < -0.3 is 38.3 Å². The lowest BCUT2D eigenvalue weighted by Gasteiger charge is -2.45. The highest BCUT2D eigenvalue weighted by atomic mass is 32.1. The van der Waals surface area contributed by atoms with Gasteiger partial charge in [-0.2, -0.15) is 5.10 Å². The summed E-state index contributed by atoms with van der Waals surface area (Å²) in [4.78, 5) is 48.6. The lowest BCUT2D eigenvalue weighted by atomic mass is 9.95. The molecule has 0 bridgehead atoms. The molecular weight excluding hydrogens is 608 g/mol. The van der Waals surface area contributed by atoms with Gasteiger partial charge in [0, 0.05) is 40.2 Å². The predicted molar refractivity (Wildman–Crippen MR) is 162 cm³/mol. The lowest BCUT2D eigenvalue weighted by Crippen LogP contribution is -2.64. The van der Waals surface area contributed by atoms with Gasteiger partial charge in [-0.3, -0.25) is 19.2 Å². The van der Waals surface area contributed by atoms with Crippen LogP contribution in [-0.4, -0.2) is 83.3 Å². The fraction of sp³-hybridized carbons (Fsp3) is 0.600. The highest BCUT2D eigenvalue weighted by Crippen LogP contribution is 2.34. The maximum absolute atomic E-state index is 12.5. The average Bonchev–Trinajstić information content (AvgIpc) is 3.31. The first kappa shape index (κ1) is 35.5. The van der Waals surface area contributed by atoms with Gasteiger partial charge in [-0.05, 0) is 49.7 Å². The highest BCUT2D eigenvalue weighted by Gasteiger charge is 2.52. The number of aryl methyl sites for hydroxylation is 2. The van der Waals surface area contributed by atoms with Crippen LogP contribution in [0.4, 0.5) is 0 Å². The fourth-order valence-corrected chi connectivity index (χ4v) is 5.64. The smallest absolute Gasteiger partial charge is 0.303 e. The standard InChI is InChI=1S/C30H42N4O10S/c1-9-16(2)33-25(13-11-21-10-12-22(39-7)23(14-21)40-8)32-34(30(33)45)29-26(31-17(3)35)28(43-20(6)38)27(42-19(5)37)24(44-29)15-41-18(4)36/h10,12,14,16,24,26-29H,9,11,13,15H2,1-8H3,(H,31,35)/t16?,24-,26-,27-,28-,29-/m1/s1. The molecule has 45 heavy (non-hydrogen) atoms. The summed E-state index contributed by atoms with van der Waals surface area (Å²) in [7, 11) is 3.15. The van der Waals surface area contributed by atoms with Crippen LogP contribution in [0.15, 0.2) is 18.2 Å². The Morgan fingerprint density at radius 3 is 2.18 bits per heavy atom. The normalized spacial score (nSPS) is 21.7. The number of hydrogen-bond acceptors (Lipinski definition) is 12. The van der Waals surface area contributed by atoms with Crippen LogP contribution in [0.1, 0.15) is 71.6 Å². The minimum Gasteiger partial charge on any atom is -0.493 e. The van der Waals surface area contributed by atoms with Gasteiger partial charge in [0.15, 0.2) is 29.9 Å². The number of amides is 1. The molecule has 0 spiro atoms. The van der Waals surface area contributed by atoms with Crippen molar-refractivity contribution < 1.29 is 47.6 Å². The van der Waals surface area contributed by atoms with E-state index < -0.39 is 54.4 Å². The molecule has 1 fully saturated rings. The van der Waals surface area contributed by atoms with Gasteiger partial charge in [-0.25, -0.2) is 4.68 Å². The third-order valence-electron chi connectivity index (χ3n) is 7.35. The molecule has 15 heteroatoms. The van der Waals surface area contributed by atoms with Gasteiger partial charge in [0.25, 0.3) is 0 Å². The summed E-state index contributed by atoms with van der Waals surface area (Å²) >= 11 is 5.93. The number of nitrogens with one attached hydrogen (secondary N) is 1. The first-order valence-electron chi connectivity index (χ1n) is 14.6. The number of ether oxygens (including phenoxy) is 6. The van der Waals surface area contributed by atoms with Crippen LogP contribution in [-0.2, 0) is 51.0 Å². The molecule has 1 aromatic carbocycles. The number of nitrogens with zero attached hydrogens (tertiary/aromatic N) is 3. The molecule has 1 aromatic heterocycles. The van der Waals surface area contributed by atoms with Crippen LogP contribution >= 0.6 is 12.2 Å². The van der Waals surface area contributed by atoms with E-state index in [0.29, 0.717) is 34.9 Å². The van der Waals surface area contributed by atoms with Gasteiger partial charge in [-0.1, -0.05) is 13.0 Å². The Morgan fingerprint density at radius 2 is 1.62 bits per heavy atom. The Kier molecular flexibility index (Phi) is 12.5. The monoisotopic (exact) mass is 650 g/mol. The molecule has 0 saturated carbocycles. The maximum atomic E-state index is 12.5. The van der Waals surface area contributed by atoms with Crippen molar-refractivity contribution in [2.24, 2.45) is 0 Å². The van der Waals surface area contributed by atoms with Gasteiger partial charge in [0.1, 0.15) is 24.6 Å². The van der Waals surface area contributed by atoms with Gasteiger partial charge in [0.2, 0.25) is 10.7 Å². The Bertz CT molecular complexity index is 1440. The van der Waals surface area contributed by atoms with Crippen molar-refractivity contribution in [1.29, 1.82) is 0 Å². The zero-order chi connectivity index (χ0) is 33.4. The number of carbonyl (C=O) groups is 4. The van der Waals surface area contributed by atoms with Crippen LogP contribution in [0.3, 0.4) is 0 Å². The topological polar surface area (TPSA) is 158 Å². The molecule has 248 valence electrons. The quantitative estimate of drug-likeness (QED) is 0.192. The number of benzene rings is 1. The van der Waals surface area contributed by atoms with Gasteiger partial charge in [0.05, 0.1) is 14.2 Å². The summed E-state index contributed by atoms with van der Waals surface area (Å²) in [5.41, 5.74) is 0.981. The van der Waals surface area contributed by atoms with E-state index in [4.69, 9.17) is 45.7 Å². The molecule has 1 aliphatic rings. The first-order chi connectivity index (χ1) is 21.3. The Morgan fingerprint density at radius 1 is 0.978 bits per heavy atom. The molecule has 1 N–H and O–H groups in total. The van der Waals surface area contributed by atoms with E-state index in [1.54, 1.807) is 14.2 Å². The van der Waals surface area contributed by atoms with Crippen molar-refractivity contribution in [2.75, 3.05) is 20.8 Å². The average molecular weight is 651 g/mol. The van der Waals surface area contributed by atoms with Crippen LogP contribution in [0.5, 0.6) is 11.5 Å². The van der Waals surface area contributed by atoms with Crippen LogP contribution in [0.2, 0.25) is 0 Å². The van der Waals surface area contributed by atoms with E-state index in [9.17, 15) is 19.2 Å². The summed E-state index contributed by atoms with van der Waals surface area (Å²) in [6.45, 7) is 8.59. The molecule has 1 unspecified atom stereocenters. The molecule has 14 nitrogen and oxygen atoms in total. The number of methoxy groups -OCH3 is 2. The first-order valence-corrected chi connectivity index (χ1v) is 15.0. The van der Waals surface area contributed by atoms with E-state index >= 15 is 0 Å². The summed E-state index contributed by atoms with van der Waals surface area (Å²) in [5.74, 6) is -0.577. The third-order valence-corrected chi connectivity index (χ3v) is 7.74. The number of hydrogen-bond donors (Lipinski definition) is 1. The van der Waals surface area contributed by atoms with E-state index in [2.05, 4.69) is 5.32 Å². The maximum Gasteiger partial charge on any atom is 0.303 e. The lowest BCUT2D eigenvalue weighted by molar-refractivity contribution is -0.239. The number of carbonyl (C=O) groups excluding carboxylic acids is 4. The van der Waals surface area contributed by atoms with Crippen LogP contribution in [0, 0.1) is 4.77 Å². The minimum absolute atomic E-state index is 0.0515. The van der Waals surface area contributed by atoms with Crippen molar-refractivity contribution in [3.05, 3.63) is 34.4 Å². The van der Waals surface area contributed by atoms with Crippen LogP contribution in [0.25, 0.3) is 0 Å². The molecule has 1 amide bonds. The van der Waals surface area contributed by atoms with E-state index in [1.165, 1.54) is 32.4 Å². The van der Waals surface area contributed by atoms with Crippen molar-refractivity contribution in [3.8, 4) is 11.5 Å². The molecule has 0 radical (unpaired) electrons. The van der Waals surface area contributed by atoms with Gasteiger partial charge in [-0.15, -0.1) is 0 Å². The zero-order valence-electron chi connectivity index (χ0n) is 26.9. The number of aromatic nitrogens is 3. The SMILES string of the molecule is CCC(C)n1c(CCc2ccc(OC)c(OC)c2)nn([C@@H]2O[C@H](COC(C)=O)[C@@H](OC(C)=O)[C@H](OC(C)=O)[C@H]2NC(C)=O)c1=S. The largest absolute Gasteiger partial charge is 0.493 e. The molecule has 2 heterocycles. The Hall–Kier alpha value is -3.98. The summed E-state index contributed by atoms with van der Waals surface area (Å²) in [5, 5.41) is 7.64. The second-order valence-electron chi connectivity index (χ2n) is 10.7. The van der Waals surface area contributed by atoms with Crippen molar-refractivity contribution >= 4 is 36.0 Å². The fourth-order valence-electron chi connectivity index (χ4n) is 5.21. The van der Waals surface area contributed by atoms with Crippen LogP contribution < -0.4 is 14.8 Å². The summed E-state index contributed by atoms with van der Waals surface area (Å²) in [6, 6.07) is 4.53. The molecule has 0 aliphatic carbocycles. The Balaban J connectivity index is 2.13. The van der Waals surface area contributed by atoms with E-state index in [-0.39, 0.29) is 12.6 Å². The molecular formula is C30H42N4O10S. The van der Waals surface area contributed by atoms with Crippen molar-refractivity contribution in [1.82, 2.24) is 19.7 Å². The summed E-state index contributed by atoms with van der Waals surface area (Å²) < 4.78 is 37.2. The number of rotatable bonds is 13. The van der Waals surface area contributed by atoms with E-state index in [1.807, 2.05) is 36.6 Å². The highest BCUT2D eigenvalue weighted by molar-refractivity contribution is 7.71. The second kappa shape index (κ2) is 15.8. The molecule has 2 aromatic rings. The number of esters is 3. The third kappa shape index (κ3) is 8.81. The van der Waals surface area contributed by atoms with Crippen molar-refractivity contribution in [3.63, 3.8) is 0 Å². The molecule has 1 aliphatic heterocycles. The molecule has 1 saturated heterocycles. The van der Waals surface area contributed by atoms with E-state index in [0.717, 1.165) is 12.0 Å². The summed E-state index contributed by atoms with van der Waals surface area (Å²) in [6.07, 6.45) is -2.89. The van der Waals surface area contributed by atoms with Crippen molar-refractivity contribution in [2.45, 2.75) is 97.4 Å². The molecule has 3 rings (SSSR count).